The Labute approximate surface area is 110 Å². The van der Waals surface area contributed by atoms with Crippen molar-refractivity contribution >= 4 is 15.9 Å². The predicted molar refractivity (Wildman–Crippen MR) is 73.6 cm³/mol. The van der Waals surface area contributed by atoms with Crippen LogP contribution in [0, 0.1) is 0 Å². The summed E-state index contributed by atoms with van der Waals surface area (Å²) in [6.07, 6.45) is 3.64. The van der Waals surface area contributed by atoms with Crippen LogP contribution >= 0.6 is 15.9 Å². The fourth-order valence-electron chi connectivity index (χ4n) is 1.72. The molecule has 0 amide bonds. The van der Waals surface area contributed by atoms with Crippen molar-refractivity contribution in [2.24, 2.45) is 5.73 Å². The zero-order valence-electron chi connectivity index (χ0n) is 9.51. The average Bonchev–Trinajstić information content (AvgIpc) is 2.39. The van der Waals surface area contributed by atoms with Crippen LogP contribution in [0.25, 0.3) is 0 Å². The van der Waals surface area contributed by atoms with Crippen LogP contribution < -0.4 is 5.73 Å². The molecule has 2 nitrogen and oxygen atoms in total. The summed E-state index contributed by atoms with van der Waals surface area (Å²) in [4.78, 5) is 4.34. The van der Waals surface area contributed by atoms with Gasteiger partial charge in [0.2, 0.25) is 0 Å². The molecular formula is C14H15BrN2. The lowest BCUT2D eigenvalue weighted by molar-refractivity contribution is 0.644. The van der Waals surface area contributed by atoms with Crippen LogP contribution in [0.5, 0.6) is 0 Å². The van der Waals surface area contributed by atoms with Crippen molar-refractivity contribution in [1.82, 2.24) is 4.98 Å². The maximum absolute atomic E-state index is 6.14. The highest BCUT2D eigenvalue weighted by atomic mass is 79.9. The third kappa shape index (κ3) is 3.65. The molecule has 3 heteroatoms. The number of halogens is 1. The number of aromatic nitrogens is 1. The van der Waals surface area contributed by atoms with Gasteiger partial charge >= 0.3 is 0 Å². The molecular weight excluding hydrogens is 276 g/mol. The molecule has 2 rings (SSSR count). The molecule has 2 aromatic rings. The summed E-state index contributed by atoms with van der Waals surface area (Å²) < 4.78 is 1.01. The van der Waals surface area contributed by atoms with Crippen LogP contribution in [-0.4, -0.2) is 4.98 Å². The normalized spacial score (nSPS) is 12.4. The minimum Gasteiger partial charge on any atom is -0.324 e. The van der Waals surface area contributed by atoms with Crippen molar-refractivity contribution in [3.63, 3.8) is 0 Å². The molecule has 0 aliphatic carbocycles. The molecule has 0 bridgehead atoms. The smallest absolute Gasteiger partial charge is 0.0413 e. The molecule has 0 saturated carbocycles. The zero-order chi connectivity index (χ0) is 12.1. The van der Waals surface area contributed by atoms with Crippen molar-refractivity contribution in [3.8, 4) is 0 Å². The first-order valence-corrected chi connectivity index (χ1v) is 6.46. The van der Waals surface area contributed by atoms with E-state index in [9.17, 15) is 0 Å². The summed E-state index contributed by atoms with van der Waals surface area (Å²) in [7, 11) is 0. The maximum Gasteiger partial charge on any atom is 0.0413 e. The lowest BCUT2D eigenvalue weighted by atomic mass is 10.0. The summed E-state index contributed by atoms with van der Waals surface area (Å²) in [6, 6.07) is 14.3. The Hall–Kier alpha value is -1.19. The molecule has 0 saturated heterocycles. The number of hydrogen-bond acceptors (Lipinski definition) is 2. The molecule has 0 aliphatic heterocycles. The molecule has 1 unspecified atom stereocenters. The monoisotopic (exact) mass is 290 g/mol. The highest BCUT2D eigenvalue weighted by Gasteiger charge is 2.05. The Morgan fingerprint density at radius 3 is 2.53 bits per heavy atom. The second kappa shape index (κ2) is 5.94. The van der Waals surface area contributed by atoms with Crippen LogP contribution in [0.2, 0.25) is 0 Å². The lowest BCUT2D eigenvalue weighted by Crippen LogP contribution is -2.11. The van der Waals surface area contributed by atoms with E-state index in [1.807, 2.05) is 36.5 Å². The molecule has 0 spiro atoms. The van der Waals surface area contributed by atoms with E-state index in [4.69, 9.17) is 5.73 Å². The second-order valence-corrected chi connectivity index (χ2v) is 4.94. The summed E-state index contributed by atoms with van der Waals surface area (Å²) >= 11 is 3.37. The first-order chi connectivity index (χ1) is 8.25. The van der Waals surface area contributed by atoms with Gasteiger partial charge in [0.1, 0.15) is 0 Å². The van der Waals surface area contributed by atoms with Gasteiger partial charge in [-0.3, -0.25) is 4.98 Å². The zero-order valence-corrected chi connectivity index (χ0v) is 11.1. The van der Waals surface area contributed by atoms with Crippen LogP contribution in [0.1, 0.15) is 23.7 Å². The van der Waals surface area contributed by atoms with Crippen molar-refractivity contribution in [2.75, 3.05) is 0 Å². The van der Waals surface area contributed by atoms with E-state index in [1.165, 1.54) is 5.56 Å². The van der Waals surface area contributed by atoms with Crippen LogP contribution in [0.4, 0.5) is 0 Å². The second-order valence-electron chi connectivity index (χ2n) is 4.02. The number of aryl methyl sites for hydroxylation is 1. The Morgan fingerprint density at radius 2 is 1.88 bits per heavy atom. The van der Waals surface area contributed by atoms with Gasteiger partial charge in [-0.1, -0.05) is 30.3 Å². The van der Waals surface area contributed by atoms with Crippen molar-refractivity contribution in [1.29, 1.82) is 0 Å². The van der Waals surface area contributed by atoms with Crippen LogP contribution in [0.15, 0.2) is 53.1 Å². The standard InChI is InChI=1S/C14H15BrN2/c15-12-6-7-13(17-10-12)8-9-14(16)11-4-2-1-3-5-11/h1-7,10,14H,8-9,16H2. The molecule has 1 atom stereocenters. The minimum atomic E-state index is 0.0849. The van der Waals surface area contributed by atoms with E-state index in [-0.39, 0.29) is 6.04 Å². The van der Waals surface area contributed by atoms with Gasteiger partial charge in [-0.2, -0.15) is 0 Å². The average molecular weight is 291 g/mol. The Bertz CT molecular complexity index is 453. The van der Waals surface area contributed by atoms with E-state index < -0.39 is 0 Å². The molecule has 0 fully saturated rings. The van der Waals surface area contributed by atoms with Crippen LogP contribution in [0.3, 0.4) is 0 Å². The molecule has 88 valence electrons. The molecule has 1 heterocycles. The van der Waals surface area contributed by atoms with E-state index in [1.54, 1.807) is 0 Å². The van der Waals surface area contributed by atoms with Gasteiger partial charge in [0, 0.05) is 22.4 Å². The minimum absolute atomic E-state index is 0.0849. The van der Waals surface area contributed by atoms with Gasteiger partial charge in [-0.05, 0) is 46.5 Å². The van der Waals surface area contributed by atoms with Gasteiger partial charge in [-0.25, -0.2) is 0 Å². The maximum atomic E-state index is 6.14. The molecule has 17 heavy (non-hydrogen) atoms. The number of nitrogens with zero attached hydrogens (tertiary/aromatic N) is 1. The Balaban J connectivity index is 1.92. The predicted octanol–water partition coefficient (Wildman–Crippen LogP) is 3.48. The highest BCUT2D eigenvalue weighted by Crippen LogP contribution is 2.16. The van der Waals surface area contributed by atoms with Crippen LogP contribution in [-0.2, 0) is 6.42 Å². The van der Waals surface area contributed by atoms with Crippen molar-refractivity contribution in [3.05, 3.63) is 64.4 Å². The molecule has 0 radical (unpaired) electrons. The van der Waals surface area contributed by atoms with E-state index >= 15 is 0 Å². The molecule has 2 N–H and O–H groups in total. The van der Waals surface area contributed by atoms with Crippen molar-refractivity contribution < 1.29 is 0 Å². The Morgan fingerprint density at radius 1 is 1.12 bits per heavy atom. The summed E-state index contributed by atoms with van der Waals surface area (Å²) in [5.41, 5.74) is 8.40. The Kier molecular flexibility index (Phi) is 4.29. The highest BCUT2D eigenvalue weighted by molar-refractivity contribution is 9.10. The summed E-state index contributed by atoms with van der Waals surface area (Å²) in [6.45, 7) is 0. The van der Waals surface area contributed by atoms with Crippen molar-refractivity contribution in [2.45, 2.75) is 18.9 Å². The fourth-order valence-corrected chi connectivity index (χ4v) is 1.96. The van der Waals surface area contributed by atoms with Gasteiger partial charge < -0.3 is 5.73 Å². The summed E-state index contributed by atoms with van der Waals surface area (Å²) in [5.74, 6) is 0. The first kappa shape index (κ1) is 12.3. The van der Waals surface area contributed by atoms with Gasteiger partial charge in [0.05, 0.1) is 0 Å². The van der Waals surface area contributed by atoms with E-state index in [0.717, 1.165) is 23.0 Å². The third-order valence-electron chi connectivity index (χ3n) is 2.73. The van der Waals surface area contributed by atoms with E-state index in [2.05, 4.69) is 33.0 Å². The van der Waals surface area contributed by atoms with E-state index in [0.29, 0.717) is 0 Å². The van der Waals surface area contributed by atoms with Gasteiger partial charge in [-0.15, -0.1) is 0 Å². The number of pyridine rings is 1. The van der Waals surface area contributed by atoms with Gasteiger partial charge in [0.25, 0.3) is 0 Å². The molecule has 1 aromatic carbocycles. The quantitative estimate of drug-likeness (QED) is 0.936. The topological polar surface area (TPSA) is 38.9 Å². The number of rotatable bonds is 4. The first-order valence-electron chi connectivity index (χ1n) is 5.66. The summed E-state index contributed by atoms with van der Waals surface area (Å²) in [5, 5.41) is 0. The number of nitrogens with two attached hydrogens (primary N) is 1. The lowest BCUT2D eigenvalue weighted by Gasteiger charge is -2.11. The third-order valence-corrected chi connectivity index (χ3v) is 3.20. The fraction of sp³-hybridized carbons (Fsp3) is 0.214. The largest absolute Gasteiger partial charge is 0.324 e. The number of hydrogen-bond donors (Lipinski definition) is 1. The number of benzene rings is 1. The SMILES string of the molecule is NC(CCc1ccc(Br)cn1)c1ccccc1. The molecule has 1 aromatic heterocycles. The molecule has 0 aliphatic rings. The van der Waals surface area contributed by atoms with Gasteiger partial charge in [0.15, 0.2) is 0 Å².